The van der Waals surface area contributed by atoms with Crippen LogP contribution >= 0.6 is 0 Å². The maximum Gasteiger partial charge on any atom is 0.143 e. The molecule has 0 aromatic rings. The van der Waals surface area contributed by atoms with Crippen molar-refractivity contribution in [2.75, 3.05) is 26.7 Å². The van der Waals surface area contributed by atoms with Crippen molar-refractivity contribution in [2.24, 2.45) is 0 Å². The molecule has 0 amide bonds. The number of nitrogens with zero attached hydrogens (tertiary/aromatic N) is 1. The molecule has 70 valence electrons. The summed E-state index contributed by atoms with van der Waals surface area (Å²) in [5.41, 5.74) is 0. The third-order valence-corrected chi connectivity index (χ3v) is 2.36. The van der Waals surface area contributed by atoms with Crippen LogP contribution in [0.25, 0.3) is 0 Å². The van der Waals surface area contributed by atoms with Crippen molar-refractivity contribution in [3.63, 3.8) is 0 Å². The molecule has 0 atom stereocenters. The van der Waals surface area contributed by atoms with E-state index in [-0.39, 0.29) is 5.78 Å². The lowest BCUT2D eigenvalue weighted by molar-refractivity contribution is -0.116. The van der Waals surface area contributed by atoms with Gasteiger partial charge in [-0.05, 0) is 39.9 Å². The Morgan fingerprint density at radius 3 is 2.58 bits per heavy atom. The third kappa shape index (κ3) is 3.32. The molecule has 1 N–H and O–H groups in total. The van der Waals surface area contributed by atoms with E-state index in [1.807, 2.05) is 0 Å². The van der Waals surface area contributed by atoms with Gasteiger partial charge < -0.3 is 10.2 Å². The molecule has 0 saturated carbocycles. The molecule has 1 aliphatic heterocycles. The molecule has 12 heavy (non-hydrogen) atoms. The Morgan fingerprint density at radius 2 is 2.08 bits per heavy atom. The Balaban J connectivity index is 2.13. The summed E-state index contributed by atoms with van der Waals surface area (Å²) >= 11 is 0. The fourth-order valence-electron chi connectivity index (χ4n) is 1.50. The van der Waals surface area contributed by atoms with Crippen LogP contribution in [0.2, 0.25) is 0 Å². The molecule has 3 heteroatoms. The molecule has 0 aromatic carbocycles. The minimum Gasteiger partial charge on any atom is -0.307 e. The Kier molecular flexibility index (Phi) is 3.69. The first-order valence-corrected chi connectivity index (χ1v) is 4.60. The largest absolute Gasteiger partial charge is 0.307 e. The molecule has 0 aromatic heterocycles. The lowest BCUT2D eigenvalue weighted by Gasteiger charge is -2.29. The van der Waals surface area contributed by atoms with Crippen molar-refractivity contribution in [3.8, 4) is 0 Å². The Morgan fingerprint density at radius 1 is 1.50 bits per heavy atom. The average molecular weight is 170 g/mol. The number of ketones is 1. The van der Waals surface area contributed by atoms with Crippen LogP contribution in [0.3, 0.4) is 0 Å². The van der Waals surface area contributed by atoms with Gasteiger partial charge in [0.2, 0.25) is 0 Å². The molecule has 0 aliphatic carbocycles. The highest BCUT2D eigenvalue weighted by Crippen LogP contribution is 2.07. The van der Waals surface area contributed by atoms with E-state index >= 15 is 0 Å². The highest BCUT2D eigenvalue weighted by Gasteiger charge is 2.15. The standard InChI is InChI=1S/C9H18N2O/c1-8(12)7-10-9-3-5-11(2)6-4-9/h9-10H,3-7H2,1-2H3. The minimum atomic E-state index is 0.230. The molecule has 1 fully saturated rings. The Labute approximate surface area is 74.1 Å². The van der Waals surface area contributed by atoms with E-state index in [1.54, 1.807) is 6.92 Å². The van der Waals surface area contributed by atoms with Crippen LogP contribution in [0.15, 0.2) is 0 Å². The molecule has 1 heterocycles. The molecule has 0 spiro atoms. The van der Waals surface area contributed by atoms with Crippen LogP contribution in [-0.4, -0.2) is 43.4 Å². The molecular weight excluding hydrogens is 152 g/mol. The van der Waals surface area contributed by atoms with Crippen LogP contribution in [0.4, 0.5) is 0 Å². The summed E-state index contributed by atoms with van der Waals surface area (Å²) in [7, 11) is 2.14. The lowest BCUT2D eigenvalue weighted by Crippen LogP contribution is -2.42. The number of nitrogens with one attached hydrogen (secondary N) is 1. The number of Topliss-reactive ketones (excluding diaryl/α,β-unsaturated/α-hetero) is 1. The van der Waals surface area contributed by atoms with Gasteiger partial charge in [-0.2, -0.15) is 0 Å². The number of likely N-dealkylation sites (tertiary alicyclic amines) is 1. The zero-order valence-corrected chi connectivity index (χ0v) is 7.97. The second-order valence-electron chi connectivity index (χ2n) is 3.66. The van der Waals surface area contributed by atoms with Crippen molar-refractivity contribution in [1.82, 2.24) is 10.2 Å². The number of carbonyl (C=O) groups excluding carboxylic acids is 1. The van der Waals surface area contributed by atoms with Gasteiger partial charge in [0, 0.05) is 6.04 Å². The van der Waals surface area contributed by atoms with Gasteiger partial charge in [-0.1, -0.05) is 0 Å². The minimum absolute atomic E-state index is 0.230. The summed E-state index contributed by atoms with van der Waals surface area (Å²) in [6.45, 7) is 4.46. The number of rotatable bonds is 3. The van der Waals surface area contributed by atoms with Crippen LogP contribution in [0, 0.1) is 0 Å². The van der Waals surface area contributed by atoms with E-state index in [1.165, 1.54) is 12.8 Å². The number of carbonyl (C=O) groups is 1. The van der Waals surface area contributed by atoms with E-state index < -0.39 is 0 Å². The maximum atomic E-state index is 10.7. The Bertz CT molecular complexity index is 151. The van der Waals surface area contributed by atoms with Crippen molar-refractivity contribution in [1.29, 1.82) is 0 Å². The van der Waals surface area contributed by atoms with Crippen LogP contribution in [-0.2, 0) is 4.79 Å². The van der Waals surface area contributed by atoms with E-state index in [9.17, 15) is 4.79 Å². The first kappa shape index (κ1) is 9.68. The highest BCUT2D eigenvalue weighted by atomic mass is 16.1. The van der Waals surface area contributed by atoms with Gasteiger partial charge in [-0.15, -0.1) is 0 Å². The molecule has 1 aliphatic rings. The second kappa shape index (κ2) is 4.58. The summed E-state index contributed by atoms with van der Waals surface area (Å²) < 4.78 is 0. The van der Waals surface area contributed by atoms with Gasteiger partial charge in [0.15, 0.2) is 0 Å². The fraction of sp³-hybridized carbons (Fsp3) is 0.889. The maximum absolute atomic E-state index is 10.7. The zero-order valence-electron chi connectivity index (χ0n) is 7.97. The van der Waals surface area contributed by atoms with Crippen molar-refractivity contribution >= 4 is 5.78 Å². The van der Waals surface area contributed by atoms with Crippen LogP contribution < -0.4 is 5.32 Å². The van der Waals surface area contributed by atoms with E-state index in [2.05, 4.69) is 17.3 Å². The smallest absolute Gasteiger partial charge is 0.143 e. The predicted octanol–water partition coefficient (Wildman–Crippen LogP) is 0.259. The molecule has 0 bridgehead atoms. The zero-order chi connectivity index (χ0) is 8.97. The normalized spacial score (nSPS) is 21.2. The van der Waals surface area contributed by atoms with Gasteiger partial charge in [-0.3, -0.25) is 4.79 Å². The van der Waals surface area contributed by atoms with Gasteiger partial charge in [0.05, 0.1) is 6.54 Å². The first-order valence-electron chi connectivity index (χ1n) is 4.60. The quantitative estimate of drug-likeness (QED) is 0.659. The van der Waals surface area contributed by atoms with Crippen molar-refractivity contribution in [2.45, 2.75) is 25.8 Å². The monoisotopic (exact) mass is 170 g/mol. The number of hydrogen-bond acceptors (Lipinski definition) is 3. The van der Waals surface area contributed by atoms with E-state index in [4.69, 9.17) is 0 Å². The van der Waals surface area contributed by atoms with E-state index in [0.717, 1.165) is 13.1 Å². The molecule has 0 radical (unpaired) electrons. The molecular formula is C9H18N2O. The third-order valence-electron chi connectivity index (χ3n) is 2.36. The highest BCUT2D eigenvalue weighted by molar-refractivity contribution is 5.77. The van der Waals surface area contributed by atoms with Gasteiger partial charge >= 0.3 is 0 Å². The SMILES string of the molecule is CC(=O)CNC1CCN(C)CC1. The predicted molar refractivity (Wildman–Crippen MR) is 49.2 cm³/mol. The van der Waals surface area contributed by atoms with E-state index in [0.29, 0.717) is 12.6 Å². The lowest BCUT2D eigenvalue weighted by atomic mass is 10.1. The summed E-state index contributed by atoms with van der Waals surface area (Å²) in [4.78, 5) is 13.0. The topological polar surface area (TPSA) is 32.3 Å². The van der Waals surface area contributed by atoms with Crippen molar-refractivity contribution in [3.05, 3.63) is 0 Å². The van der Waals surface area contributed by atoms with Gasteiger partial charge in [0.1, 0.15) is 5.78 Å². The Hall–Kier alpha value is -0.410. The summed E-state index contributed by atoms with van der Waals surface area (Å²) in [5.74, 6) is 0.230. The van der Waals surface area contributed by atoms with Crippen LogP contribution in [0.1, 0.15) is 19.8 Å². The molecule has 3 nitrogen and oxygen atoms in total. The fourth-order valence-corrected chi connectivity index (χ4v) is 1.50. The summed E-state index contributed by atoms with van der Waals surface area (Å²) in [6.07, 6.45) is 2.34. The van der Waals surface area contributed by atoms with Crippen molar-refractivity contribution < 1.29 is 4.79 Å². The molecule has 1 rings (SSSR count). The second-order valence-corrected chi connectivity index (χ2v) is 3.66. The first-order chi connectivity index (χ1) is 5.68. The van der Waals surface area contributed by atoms with Gasteiger partial charge in [0.25, 0.3) is 0 Å². The molecule has 0 unspecified atom stereocenters. The van der Waals surface area contributed by atoms with Crippen LogP contribution in [0.5, 0.6) is 0 Å². The molecule has 1 saturated heterocycles. The summed E-state index contributed by atoms with van der Waals surface area (Å²) in [5, 5.41) is 3.27. The summed E-state index contributed by atoms with van der Waals surface area (Å²) in [6, 6.07) is 0.560. The van der Waals surface area contributed by atoms with Gasteiger partial charge in [-0.25, -0.2) is 0 Å². The number of hydrogen-bond donors (Lipinski definition) is 1. The number of piperidine rings is 1. The average Bonchev–Trinajstić information content (AvgIpc) is 2.03.